The number of carbonyl (C=O) groups excluding carboxylic acids is 1. The van der Waals surface area contributed by atoms with E-state index in [9.17, 15) is 4.79 Å². The molecule has 0 aliphatic rings. The van der Waals surface area contributed by atoms with Crippen LogP contribution in [0.25, 0.3) is 22.3 Å². The highest BCUT2D eigenvalue weighted by Gasteiger charge is 2.09. The minimum absolute atomic E-state index is 0.0797. The standard InChI is InChI=1S/C21H20O4/c1-3-21(22)24-14-15(2)13-23-18-10-9-17-11-19(25-20(17)12-18)16-7-5-4-6-8-16/h3-12,15H,1,13-14H2,2H3. The van der Waals surface area contributed by atoms with Gasteiger partial charge in [-0.15, -0.1) is 0 Å². The van der Waals surface area contributed by atoms with Gasteiger partial charge in [-0.05, 0) is 18.2 Å². The average Bonchev–Trinajstić information content (AvgIpc) is 3.08. The Bertz CT molecular complexity index is 864. The Balaban J connectivity index is 1.65. The van der Waals surface area contributed by atoms with Crippen LogP contribution in [-0.4, -0.2) is 19.2 Å². The van der Waals surface area contributed by atoms with Crippen LogP contribution in [0.2, 0.25) is 0 Å². The third-order valence-electron chi connectivity index (χ3n) is 3.76. The molecule has 25 heavy (non-hydrogen) atoms. The van der Waals surface area contributed by atoms with Gasteiger partial charge in [-0.1, -0.05) is 43.8 Å². The molecule has 4 heteroatoms. The zero-order valence-corrected chi connectivity index (χ0v) is 14.1. The zero-order valence-electron chi connectivity index (χ0n) is 14.1. The number of carbonyl (C=O) groups is 1. The van der Waals surface area contributed by atoms with Crippen LogP contribution in [-0.2, 0) is 9.53 Å². The molecule has 0 fully saturated rings. The van der Waals surface area contributed by atoms with Crippen LogP contribution in [0.5, 0.6) is 5.75 Å². The van der Waals surface area contributed by atoms with Crippen molar-refractivity contribution in [2.75, 3.05) is 13.2 Å². The van der Waals surface area contributed by atoms with Gasteiger partial charge in [0.05, 0.1) is 13.2 Å². The molecule has 0 bridgehead atoms. The van der Waals surface area contributed by atoms with E-state index in [2.05, 4.69) is 6.58 Å². The lowest BCUT2D eigenvalue weighted by Gasteiger charge is -2.12. The first-order valence-electron chi connectivity index (χ1n) is 8.16. The second kappa shape index (κ2) is 7.71. The average molecular weight is 336 g/mol. The molecule has 0 aliphatic carbocycles. The van der Waals surface area contributed by atoms with Crippen molar-refractivity contribution >= 4 is 16.9 Å². The maximum atomic E-state index is 11.1. The Morgan fingerprint density at radius 2 is 1.96 bits per heavy atom. The van der Waals surface area contributed by atoms with Gasteiger partial charge in [0.1, 0.15) is 17.1 Å². The Kier molecular flexibility index (Phi) is 5.19. The van der Waals surface area contributed by atoms with Crippen LogP contribution < -0.4 is 4.74 Å². The maximum absolute atomic E-state index is 11.1. The molecule has 0 radical (unpaired) electrons. The summed E-state index contributed by atoms with van der Waals surface area (Å²) in [6.45, 7) is 6.07. The predicted octanol–water partition coefficient (Wildman–Crippen LogP) is 4.84. The number of esters is 1. The van der Waals surface area contributed by atoms with Crippen LogP contribution in [0, 0.1) is 5.92 Å². The second-order valence-corrected chi connectivity index (χ2v) is 5.93. The highest BCUT2D eigenvalue weighted by Crippen LogP contribution is 2.30. The van der Waals surface area contributed by atoms with Crippen molar-refractivity contribution in [2.24, 2.45) is 5.92 Å². The van der Waals surface area contributed by atoms with E-state index >= 15 is 0 Å². The Morgan fingerprint density at radius 1 is 1.16 bits per heavy atom. The van der Waals surface area contributed by atoms with Crippen molar-refractivity contribution in [1.82, 2.24) is 0 Å². The summed E-state index contributed by atoms with van der Waals surface area (Å²) in [4.78, 5) is 11.1. The van der Waals surface area contributed by atoms with Gasteiger partial charge in [0.2, 0.25) is 0 Å². The molecule has 0 amide bonds. The van der Waals surface area contributed by atoms with Crippen LogP contribution in [0.15, 0.2) is 71.7 Å². The van der Waals surface area contributed by atoms with E-state index < -0.39 is 5.97 Å². The van der Waals surface area contributed by atoms with Gasteiger partial charge in [-0.2, -0.15) is 0 Å². The molecule has 1 heterocycles. The molecular weight excluding hydrogens is 316 g/mol. The minimum Gasteiger partial charge on any atom is -0.493 e. The van der Waals surface area contributed by atoms with E-state index in [1.165, 1.54) is 0 Å². The monoisotopic (exact) mass is 336 g/mol. The number of fused-ring (bicyclic) bond motifs is 1. The highest BCUT2D eigenvalue weighted by molar-refractivity contribution is 5.84. The van der Waals surface area contributed by atoms with Gasteiger partial charge >= 0.3 is 5.97 Å². The van der Waals surface area contributed by atoms with Gasteiger partial charge in [0.15, 0.2) is 0 Å². The molecule has 2 aromatic carbocycles. The molecule has 3 aromatic rings. The van der Waals surface area contributed by atoms with E-state index in [4.69, 9.17) is 13.9 Å². The van der Waals surface area contributed by atoms with Crippen LogP contribution in [0.3, 0.4) is 0 Å². The molecule has 0 N–H and O–H groups in total. The van der Waals surface area contributed by atoms with E-state index in [1.807, 2.05) is 61.5 Å². The summed E-state index contributed by atoms with van der Waals surface area (Å²) in [5.74, 6) is 1.22. The zero-order chi connectivity index (χ0) is 17.6. The third kappa shape index (κ3) is 4.29. The van der Waals surface area contributed by atoms with Gasteiger partial charge in [-0.3, -0.25) is 0 Å². The molecule has 128 valence electrons. The number of benzene rings is 2. The first-order chi connectivity index (χ1) is 12.2. The SMILES string of the molecule is C=CC(=O)OCC(C)COc1ccc2cc(-c3ccccc3)oc2c1. The normalized spacial score (nSPS) is 11.9. The molecule has 1 unspecified atom stereocenters. The summed E-state index contributed by atoms with van der Waals surface area (Å²) in [5.41, 5.74) is 1.82. The van der Waals surface area contributed by atoms with Crippen molar-refractivity contribution in [3.63, 3.8) is 0 Å². The molecular formula is C21H20O4. The largest absolute Gasteiger partial charge is 0.493 e. The van der Waals surface area contributed by atoms with Crippen molar-refractivity contribution < 1.29 is 18.7 Å². The van der Waals surface area contributed by atoms with E-state index in [-0.39, 0.29) is 5.92 Å². The molecule has 4 nitrogen and oxygen atoms in total. The molecule has 1 aromatic heterocycles. The van der Waals surface area contributed by atoms with Crippen LogP contribution in [0.4, 0.5) is 0 Å². The van der Waals surface area contributed by atoms with Crippen molar-refractivity contribution in [3.8, 4) is 17.1 Å². The molecule has 3 rings (SSSR count). The number of hydrogen-bond donors (Lipinski definition) is 0. The number of hydrogen-bond acceptors (Lipinski definition) is 4. The number of rotatable bonds is 7. The third-order valence-corrected chi connectivity index (χ3v) is 3.76. The second-order valence-electron chi connectivity index (χ2n) is 5.93. The van der Waals surface area contributed by atoms with Crippen LogP contribution >= 0.6 is 0 Å². The van der Waals surface area contributed by atoms with Crippen molar-refractivity contribution in [1.29, 1.82) is 0 Å². The quantitative estimate of drug-likeness (QED) is 0.457. The first kappa shape index (κ1) is 16.8. The summed E-state index contributed by atoms with van der Waals surface area (Å²) >= 11 is 0. The molecule has 0 spiro atoms. The smallest absolute Gasteiger partial charge is 0.330 e. The predicted molar refractivity (Wildman–Crippen MR) is 97.5 cm³/mol. The molecule has 0 saturated heterocycles. The van der Waals surface area contributed by atoms with E-state index in [0.29, 0.717) is 13.2 Å². The Hall–Kier alpha value is -3.01. The minimum atomic E-state index is -0.419. The molecule has 0 saturated carbocycles. The summed E-state index contributed by atoms with van der Waals surface area (Å²) in [7, 11) is 0. The Morgan fingerprint density at radius 3 is 2.72 bits per heavy atom. The fraction of sp³-hybridized carbons (Fsp3) is 0.190. The summed E-state index contributed by atoms with van der Waals surface area (Å²) < 4.78 is 16.7. The van der Waals surface area contributed by atoms with Crippen molar-refractivity contribution in [2.45, 2.75) is 6.92 Å². The molecule has 1 atom stereocenters. The van der Waals surface area contributed by atoms with Gasteiger partial charge < -0.3 is 13.9 Å². The lowest BCUT2D eigenvalue weighted by molar-refractivity contribution is -0.139. The van der Waals surface area contributed by atoms with Gasteiger partial charge in [0.25, 0.3) is 0 Å². The number of ether oxygens (including phenoxy) is 2. The Labute approximate surface area is 146 Å². The first-order valence-corrected chi connectivity index (χ1v) is 8.16. The number of furan rings is 1. The summed E-state index contributed by atoms with van der Waals surface area (Å²) in [6, 6.07) is 17.8. The fourth-order valence-corrected chi connectivity index (χ4v) is 2.42. The lowest BCUT2D eigenvalue weighted by atomic mass is 10.1. The lowest BCUT2D eigenvalue weighted by Crippen LogP contribution is -2.16. The van der Waals surface area contributed by atoms with Crippen molar-refractivity contribution in [3.05, 3.63) is 67.3 Å². The fourth-order valence-electron chi connectivity index (χ4n) is 2.42. The van der Waals surface area contributed by atoms with Crippen LogP contribution in [0.1, 0.15) is 6.92 Å². The summed E-state index contributed by atoms with van der Waals surface area (Å²) in [5, 5.41) is 1.03. The highest BCUT2D eigenvalue weighted by atomic mass is 16.5. The van der Waals surface area contributed by atoms with Gasteiger partial charge in [-0.25, -0.2) is 4.79 Å². The maximum Gasteiger partial charge on any atom is 0.330 e. The topological polar surface area (TPSA) is 48.7 Å². The summed E-state index contributed by atoms with van der Waals surface area (Å²) in [6.07, 6.45) is 1.16. The van der Waals surface area contributed by atoms with E-state index in [1.54, 1.807) is 0 Å². The van der Waals surface area contributed by atoms with E-state index in [0.717, 1.165) is 34.1 Å². The molecule has 0 aliphatic heterocycles. The van der Waals surface area contributed by atoms with Gasteiger partial charge in [0, 0.05) is 29.0 Å².